The number of hydrogen-bond acceptors (Lipinski definition) is 3. The number of fused-ring (bicyclic) bond motifs is 1. The van der Waals surface area contributed by atoms with Crippen molar-refractivity contribution in [2.24, 2.45) is 0 Å². The lowest BCUT2D eigenvalue weighted by atomic mass is 10.2. The van der Waals surface area contributed by atoms with Gasteiger partial charge in [-0.1, -0.05) is 13.0 Å². The highest BCUT2D eigenvalue weighted by Gasteiger charge is 2.16. The summed E-state index contributed by atoms with van der Waals surface area (Å²) in [6.07, 6.45) is 4.11. The van der Waals surface area contributed by atoms with Crippen LogP contribution in [0.25, 0.3) is 5.65 Å². The third-order valence-corrected chi connectivity index (χ3v) is 3.28. The summed E-state index contributed by atoms with van der Waals surface area (Å²) in [5, 5.41) is 8.86. The molecule has 0 aliphatic heterocycles. The molecule has 2 rings (SSSR count). The average Bonchev–Trinajstić information content (AvgIpc) is 2.77. The number of rotatable bonds is 6. The quantitative estimate of drug-likeness (QED) is 0.864. The van der Waals surface area contributed by atoms with E-state index in [1.807, 2.05) is 48.8 Å². The Morgan fingerprint density at radius 3 is 2.95 bits per heavy atom. The van der Waals surface area contributed by atoms with Crippen molar-refractivity contribution in [3.05, 3.63) is 36.3 Å². The molecule has 102 valence electrons. The minimum atomic E-state index is -0.763. The fraction of sp³-hybridized carbons (Fsp3) is 0.429. The maximum Gasteiger partial charge on any atom is 0.304 e. The second kappa shape index (κ2) is 5.84. The number of carboxylic acid groups (broad SMARTS) is 1. The smallest absolute Gasteiger partial charge is 0.304 e. The zero-order valence-corrected chi connectivity index (χ0v) is 11.3. The van der Waals surface area contributed by atoms with Gasteiger partial charge in [-0.2, -0.15) is 0 Å². The molecule has 5 nitrogen and oxygen atoms in total. The van der Waals surface area contributed by atoms with E-state index in [0.717, 1.165) is 17.9 Å². The van der Waals surface area contributed by atoms with E-state index in [-0.39, 0.29) is 12.5 Å². The molecule has 0 spiro atoms. The number of carbonyl (C=O) groups is 1. The SMILES string of the molecule is CCN(Cc1cn2ccccc2n1)C(C)CC(=O)O. The summed E-state index contributed by atoms with van der Waals surface area (Å²) >= 11 is 0. The van der Waals surface area contributed by atoms with Crippen LogP contribution in [0.15, 0.2) is 30.6 Å². The number of aliphatic carboxylic acids is 1. The summed E-state index contributed by atoms with van der Waals surface area (Å²) in [6.45, 7) is 5.45. The Bertz CT molecular complexity index is 532. The number of carboxylic acids is 1. The number of hydrogen-bond donors (Lipinski definition) is 1. The summed E-state index contributed by atoms with van der Waals surface area (Å²) < 4.78 is 1.98. The summed E-state index contributed by atoms with van der Waals surface area (Å²) in [5.41, 5.74) is 1.88. The Morgan fingerprint density at radius 2 is 2.32 bits per heavy atom. The first-order valence-corrected chi connectivity index (χ1v) is 6.48. The second-order valence-corrected chi connectivity index (χ2v) is 4.71. The van der Waals surface area contributed by atoms with Gasteiger partial charge in [0.1, 0.15) is 5.65 Å². The molecular formula is C14H19N3O2. The average molecular weight is 261 g/mol. The van der Waals surface area contributed by atoms with Gasteiger partial charge in [-0.15, -0.1) is 0 Å². The summed E-state index contributed by atoms with van der Waals surface area (Å²) in [5.74, 6) is -0.763. The second-order valence-electron chi connectivity index (χ2n) is 4.71. The Labute approximate surface area is 112 Å². The molecule has 0 saturated carbocycles. The summed E-state index contributed by atoms with van der Waals surface area (Å²) in [7, 11) is 0. The van der Waals surface area contributed by atoms with Crippen LogP contribution >= 0.6 is 0 Å². The van der Waals surface area contributed by atoms with Crippen molar-refractivity contribution in [3.63, 3.8) is 0 Å². The van der Waals surface area contributed by atoms with Gasteiger partial charge in [-0.3, -0.25) is 9.69 Å². The largest absolute Gasteiger partial charge is 0.481 e. The first-order valence-electron chi connectivity index (χ1n) is 6.48. The lowest BCUT2D eigenvalue weighted by Gasteiger charge is -2.25. The van der Waals surface area contributed by atoms with Crippen LogP contribution in [0.5, 0.6) is 0 Å². The molecule has 2 heterocycles. The molecule has 19 heavy (non-hydrogen) atoms. The molecular weight excluding hydrogens is 242 g/mol. The predicted octanol–water partition coefficient (Wildman–Crippen LogP) is 2.02. The Morgan fingerprint density at radius 1 is 1.53 bits per heavy atom. The van der Waals surface area contributed by atoms with Gasteiger partial charge in [0.25, 0.3) is 0 Å². The molecule has 0 bridgehead atoms. The normalized spacial score (nSPS) is 13.0. The molecule has 0 saturated heterocycles. The van der Waals surface area contributed by atoms with Gasteiger partial charge < -0.3 is 9.51 Å². The van der Waals surface area contributed by atoms with Gasteiger partial charge in [0.05, 0.1) is 12.1 Å². The van der Waals surface area contributed by atoms with Gasteiger partial charge in [-0.05, 0) is 25.6 Å². The van der Waals surface area contributed by atoms with E-state index in [0.29, 0.717) is 6.54 Å². The first kappa shape index (κ1) is 13.5. The molecule has 0 radical (unpaired) electrons. The third kappa shape index (κ3) is 3.32. The Kier molecular flexibility index (Phi) is 4.16. The number of aromatic nitrogens is 2. The van der Waals surface area contributed by atoms with E-state index in [1.165, 1.54) is 0 Å². The molecule has 1 N–H and O–H groups in total. The Balaban J connectivity index is 2.11. The Hall–Kier alpha value is -1.88. The molecule has 1 atom stereocenters. The maximum atomic E-state index is 10.8. The van der Waals surface area contributed by atoms with Crippen molar-refractivity contribution in [2.45, 2.75) is 32.9 Å². The van der Waals surface area contributed by atoms with Crippen LogP contribution in [0.4, 0.5) is 0 Å². The van der Waals surface area contributed by atoms with Gasteiger partial charge in [0, 0.05) is 25.0 Å². The molecule has 2 aromatic rings. The molecule has 0 aliphatic rings. The molecule has 5 heteroatoms. The minimum absolute atomic E-state index is 0.00677. The van der Waals surface area contributed by atoms with Gasteiger partial charge in [0.15, 0.2) is 0 Å². The number of imidazole rings is 1. The molecule has 0 aromatic carbocycles. The van der Waals surface area contributed by atoms with Crippen LogP contribution in [0.1, 0.15) is 26.0 Å². The third-order valence-electron chi connectivity index (χ3n) is 3.28. The maximum absolute atomic E-state index is 10.8. The van der Waals surface area contributed by atoms with E-state index in [1.54, 1.807) is 0 Å². The highest BCUT2D eigenvalue weighted by Crippen LogP contribution is 2.11. The molecule has 1 unspecified atom stereocenters. The van der Waals surface area contributed by atoms with Crippen LogP contribution in [-0.2, 0) is 11.3 Å². The lowest BCUT2D eigenvalue weighted by molar-refractivity contribution is -0.138. The van der Waals surface area contributed by atoms with Crippen molar-refractivity contribution in [1.82, 2.24) is 14.3 Å². The number of pyridine rings is 1. The highest BCUT2D eigenvalue weighted by atomic mass is 16.4. The molecule has 0 aliphatic carbocycles. The zero-order chi connectivity index (χ0) is 13.8. The fourth-order valence-corrected chi connectivity index (χ4v) is 2.23. The standard InChI is InChI=1S/C14H19N3O2/c1-3-16(11(2)8-14(18)19)9-12-10-17-7-5-4-6-13(17)15-12/h4-7,10-11H,3,8-9H2,1-2H3,(H,18,19). The van der Waals surface area contributed by atoms with Gasteiger partial charge >= 0.3 is 5.97 Å². The molecule has 0 fully saturated rings. The van der Waals surface area contributed by atoms with E-state index < -0.39 is 5.97 Å². The van der Waals surface area contributed by atoms with Crippen molar-refractivity contribution < 1.29 is 9.90 Å². The van der Waals surface area contributed by atoms with Crippen molar-refractivity contribution in [3.8, 4) is 0 Å². The van der Waals surface area contributed by atoms with Crippen molar-refractivity contribution in [1.29, 1.82) is 0 Å². The van der Waals surface area contributed by atoms with E-state index in [2.05, 4.69) is 9.88 Å². The van der Waals surface area contributed by atoms with Crippen LogP contribution in [0, 0.1) is 0 Å². The predicted molar refractivity (Wildman–Crippen MR) is 73.0 cm³/mol. The van der Waals surface area contributed by atoms with Crippen molar-refractivity contribution in [2.75, 3.05) is 6.54 Å². The molecule has 0 amide bonds. The topological polar surface area (TPSA) is 57.8 Å². The first-order chi connectivity index (χ1) is 9.10. The lowest BCUT2D eigenvalue weighted by Crippen LogP contribution is -2.34. The number of nitrogens with zero attached hydrogens (tertiary/aromatic N) is 3. The fourth-order valence-electron chi connectivity index (χ4n) is 2.23. The minimum Gasteiger partial charge on any atom is -0.481 e. The van der Waals surface area contributed by atoms with E-state index in [9.17, 15) is 4.79 Å². The summed E-state index contributed by atoms with van der Waals surface area (Å²) in [6, 6.07) is 5.88. The van der Waals surface area contributed by atoms with Crippen LogP contribution in [-0.4, -0.2) is 37.9 Å². The van der Waals surface area contributed by atoms with Crippen molar-refractivity contribution >= 4 is 11.6 Å². The highest BCUT2D eigenvalue weighted by molar-refractivity contribution is 5.67. The van der Waals surface area contributed by atoms with E-state index >= 15 is 0 Å². The van der Waals surface area contributed by atoms with Gasteiger partial charge in [-0.25, -0.2) is 4.98 Å². The van der Waals surface area contributed by atoms with E-state index in [4.69, 9.17) is 5.11 Å². The summed E-state index contributed by atoms with van der Waals surface area (Å²) in [4.78, 5) is 17.4. The zero-order valence-electron chi connectivity index (χ0n) is 11.3. The monoisotopic (exact) mass is 261 g/mol. The molecule has 2 aromatic heterocycles. The van der Waals surface area contributed by atoms with Crippen LogP contribution in [0.2, 0.25) is 0 Å². The van der Waals surface area contributed by atoms with Gasteiger partial charge in [0.2, 0.25) is 0 Å². The van der Waals surface area contributed by atoms with Crippen LogP contribution < -0.4 is 0 Å². The van der Waals surface area contributed by atoms with Crippen LogP contribution in [0.3, 0.4) is 0 Å².